The van der Waals surface area contributed by atoms with E-state index in [0.717, 1.165) is 83.7 Å². The first kappa shape index (κ1) is 26.3. The summed E-state index contributed by atoms with van der Waals surface area (Å²) in [5, 5.41) is 0. The molecule has 3 heterocycles. The number of amides is 2. The van der Waals surface area contributed by atoms with E-state index in [1.54, 1.807) is 6.26 Å². The lowest BCUT2D eigenvalue weighted by Gasteiger charge is -2.56. The van der Waals surface area contributed by atoms with E-state index in [-0.39, 0.29) is 29.9 Å². The molecule has 1 aromatic rings. The number of nitrogens with zero attached hydrogens (tertiary/aromatic N) is 3. The Morgan fingerprint density at radius 1 is 1.00 bits per heavy atom. The zero-order valence-electron chi connectivity index (χ0n) is 22.9. The second kappa shape index (κ2) is 11.7. The second-order valence-corrected chi connectivity index (χ2v) is 12.7. The Kier molecular flexibility index (Phi) is 8.10. The summed E-state index contributed by atoms with van der Waals surface area (Å²) in [6.45, 7) is 6.89. The first-order valence-electron chi connectivity index (χ1n) is 15.1. The van der Waals surface area contributed by atoms with E-state index in [2.05, 4.69) is 4.90 Å². The maximum Gasteiger partial charge on any atom is 0.242 e. The second-order valence-electron chi connectivity index (χ2n) is 12.7. The van der Waals surface area contributed by atoms with Crippen molar-refractivity contribution >= 4 is 11.8 Å². The smallest absolute Gasteiger partial charge is 0.242 e. The molecule has 0 N–H and O–H groups in total. The van der Waals surface area contributed by atoms with Crippen LogP contribution in [0.3, 0.4) is 0 Å². The number of morpholine rings is 1. The minimum absolute atomic E-state index is 0.00125. The normalized spacial score (nSPS) is 32.5. The lowest BCUT2D eigenvalue weighted by molar-refractivity contribution is -0.160. The predicted octanol–water partition coefficient (Wildman–Crippen LogP) is 3.55. The van der Waals surface area contributed by atoms with E-state index in [0.29, 0.717) is 37.4 Å². The Morgan fingerprint density at radius 3 is 2.37 bits per heavy atom. The van der Waals surface area contributed by atoms with E-state index in [9.17, 15) is 9.59 Å². The van der Waals surface area contributed by atoms with Crippen molar-refractivity contribution in [2.24, 2.45) is 23.2 Å². The fourth-order valence-electron chi connectivity index (χ4n) is 8.41. The van der Waals surface area contributed by atoms with Crippen LogP contribution < -0.4 is 0 Å². The number of rotatable bonds is 11. The van der Waals surface area contributed by atoms with Gasteiger partial charge in [0.15, 0.2) is 0 Å². The summed E-state index contributed by atoms with van der Waals surface area (Å²) in [5.74, 6) is 3.12. The van der Waals surface area contributed by atoms with Gasteiger partial charge in [0.05, 0.1) is 44.1 Å². The summed E-state index contributed by atoms with van der Waals surface area (Å²) >= 11 is 0. The minimum atomic E-state index is -0.242. The highest BCUT2D eigenvalue weighted by atomic mass is 16.5. The molecule has 38 heavy (non-hydrogen) atoms. The third-order valence-electron chi connectivity index (χ3n) is 9.84. The molecule has 7 rings (SSSR count). The molecule has 1 unspecified atom stereocenters. The van der Waals surface area contributed by atoms with Crippen LogP contribution in [-0.2, 0) is 25.6 Å². The molecule has 0 radical (unpaired) electrons. The van der Waals surface area contributed by atoms with Crippen LogP contribution in [-0.4, -0.2) is 91.7 Å². The van der Waals surface area contributed by atoms with Crippen molar-refractivity contribution in [2.45, 2.75) is 70.4 Å². The van der Waals surface area contributed by atoms with E-state index in [4.69, 9.17) is 13.9 Å². The van der Waals surface area contributed by atoms with Crippen LogP contribution >= 0.6 is 0 Å². The van der Waals surface area contributed by atoms with Crippen LogP contribution in [0, 0.1) is 23.2 Å². The average molecular weight is 528 g/mol. The summed E-state index contributed by atoms with van der Waals surface area (Å²) in [6.07, 6.45) is 11.6. The van der Waals surface area contributed by atoms with Crippen LogP contribution in [0.2, 0.25) is 0 Å². The van der Waals surface area contributed by atoms with E-state index in [1.165, 1.54) is 19.3 Å². The molecule has 2 amide bonds. The Labute approximate surface area is 227 Å². The van der Waals surface area contributed by atoms with Gasteiger partial charge in [-0.1, -0.05) is 0 Å². The van der Waals surface area contributed by atoms with Crippen molar-refractivity contribution in [2.75, 3.05) is 59.1 Å². The van der Waals surface area contributed by atoms with E-state index in [1.807, 2.05) is 21.9 Å². The molecular formula is C30H45N3O5. The van der Waals surface area contributed by atoms with Gasteiger partial charge < -0.3 is 23.7 Å². The number of hydrogen-bond acceptors (Lipinski definition) is 6. The highest BCUT2D eigenvalue weighted by Gasteiger charge is 2.55. The van der Waals surface area contributed by atoms with Crippen molar-refractivity contribution < 1.29 is 23.5 Å². The summed E-state index contributed by atoms with van der Waals surface area (Å²) in [6, 6.07) is 3.77. The van der Waals surface area contributed by atoms with Crippen LogP contribution in [0.5, 0.6) is 0 Å². The summed E-state index contributed by atoms with van der Waals surface area (Å²) in [5.41, 5.74) is -0.242. The molecule has 2 aliphatic heterocycles. The molecule has 4 aliphatic carbocycles. The fourth-order valence-corrected chi connectivity index (χ4v) is 8.41. The number of carbonyl (C=O) groups excluding carboxylic acids is 2. The zero-order valence-corrected chi connectivity index (χ0v) is 22.9. The van der Waals surface area contributed by atoms with Crippen LogP contribution in [0.4, 0.5) is 0 Å². The van der Waals surface area contributed by atoms with Gasteiger partial charge in [-0.25, -0.2) is 0 Å². The minimum Gasteiger partial charge on any atom is -0.467 e. The van der Waals surface area contributed by atoms with Gasteiger partial charge in [0.2, 0.25) is 11.8 Å². The molecule has 1 aromatic heterocycles. The highest BCUT2D eigenvalue weighted by Crippen LogP contribution is 2.60. The Bertz CT molecular complexity index is 902. The number of hydrogen-bond donors (Lipinski definition) is 0. The lowest BCUT2D eigenvalue weighted by Crippen LogP contribution is -2.56. The Balaban J connectivity index is 1.16. The molecule has 4 saturated carbocycles. The van der Waals surface area contributed by atoms with Gasteiger partial charge in [-0.3, -0.25) is 14.5 Å². The molecule has 8 nitrogen and oxygen atoms in total. The first-order chi connectivity index (χ1) is 18.6. The number of ether oxygens (including phenoxy) is 2. The highest BCUT2D eigenvalue weighted by molar-refractivity contribution is 5.88. The quantitative estimate of drug-likeness (QED) is 0.438. The molecule has 4 bridgehead atoms. The van der Waals surface area contributed by atoms with E-state index >= 15 is 0 Å². The van der Waals surface area contributed by atoms with Gasteiger partial charge in [-0.2, -0.15) is 0 Å². The lowest BCUT2D eigenvalue weighted by atomic mass is 9.49. The predicted molar refractivity (Wildman–Crippen MR) is 142 cm³/mol. The molecular weight excluding hydrogens is 482 g/mol. The monoisotopic (exact) mass is 527 g/mol. The molecule has 210 valence electrons. The fraction of sp³-hybridized carbons (Fsp3) is 0.800. The largest absolute Gasteiger partial charge is 0.467 e. The van der Waals surface area contributed by atoms with E-state index < -0.39 is 0 Å². The standard InChI is InChI=1S/C30H45N3O5/c34-28(33(20-26-4-1-10-37-26)21-27-5-2-11-38-27)22-32(7-3-6-31-8-12-36-13-9-31)29(35)30-17-23-14-24(18-30)16-25(15-23)19-30/h1,4,10,23-25,27H,2-3,5-9,11-22H2. The molecule has 8 heteroatoms. The molecule has 0 spiro atoms. The number of furan rings is 1. The third-order valence-corrected chi connectivity index (χ3v) is 9.84. The topological polar surface area (TPSA) is 75.5 Å². The van der Waals surface area contributed by atoms with Crippen molar-refractivity contribution in [3.05, 3.63) is 24.2 Å². The summed E-state index contributed by atoms with van der Waals surface area (Å²) < 4.78 is 17.0. The van der Waals surface area contributed by atoms with Gasteiger partial charge in [0.25, 0.3) is 0 Å². The zero-order chi connectivity index (χ0) is 26.0. The SMILES string of the molecule is O=C(CN(CCCN1CCOCC1)C(=O)C12CC3CC(CC(C3)C1)C2)N(Cc1ccco1)CC1CCCO1. The third kappa shape index (κ3) is 5.97. The molecule has 0 aromatic carbocycles. The average Bonchev–Trinajstić information content (AvgIpc) is 3.62. The van der Waals surface area contributed by atoms with Crippen LogP contribution in [0.1, 0.15) is 63.5 Å². The molecule has 1 atom stereocenters. The summed E-state index contributed by atoms with van der Waals surface area (Å²) in [4.78, 5) is 34.5. The van der Waals surface area contributed by atoms with Gasteiger partial charge in [-0.05, 0) is 87.7 Å². The van der Waals surface area contributed by atoms with Crippen molar-refractivity contribution in [3.63, 3.8) is 0 Å². The maximum absolute atomic E-state index is 14.4. The number of carbonyl (C=O) groups is 2. The van der Waals surface area contributed by atoms with Gasteiger partial charge in [0, 0.05) is 39.3 Å². The molecule has 2 saturated heterocycles. The summed E-state index contributed by atoms with van der Waals surface area (Å²) in [7, 11) is 0. The van der Waals surface area contributed by atoms with Gasteiger partial charge in [-0.15, -0.1) is 0 Å². The first-order valence-corrected chi connectivity index (χ1v) is 15.1. The maximum atomic E-state index is 14.4. The van der Waals surface area contributed by atoms with Crippen molar-refractivity contribution in [1.82, 2.24) is 14.7 Å². The van der Waals surface area contributed by atoms with Crippen molar-refractivity contribution in [1.29, 1.82) is 0 Å². The van der Waals surface area contributed by atoms with Crippen LogP contribution in [0.25, 0.3) is 0 Å². The Hall–Kier alpha value is -1.90. The molecule has 6 fully saturated rings. The van der Waals surface area contributed by atoms with Gasteiger partial charge in [0.1, 0.15) is 5.76 Å². The molecule has 6 aliphatic rings. The van der Waals surface area contributed by atoms with Gasteiger partial charge >= 0.3 is 0 Å². The van der Waals surface area contributed by atoms with Crippen LogP contribution in [0.15, 0.2) is 22.8 Å². The van der Waals surface area contributed by atoms with Crippen molar-refractivity contribution in [3.8, 4) is 0 Å². The Morgan fingerprint density at radius 2 is 1.74 bits per heavy atom.